The standard InChI is InChI=1S/C19H16F2N6O2/c1-12(27-11-24-17-14(18(27)28)3-2-6-23-17)19(29,8-26-10-22-9-25-26)15-5-4-13(20)7-16(15)21/h2-7,9-12,29H,8H2,1H3. The first-order chi connectivity index (χ1) is 13.9. The molecule has 4 rings (SSSR count). The van der Waals surface area contributed by atoms with Crippen LogP contribution in [0.25, 0.3) is 11.0 Å². The third-order valence-corrected chi connectivity index (χ3v) is 4.93. The molecule has 0 radical (unpaired) electrons. The molecule has 2 unspecified atom stereocenters. The normalized spacial score (nSPS) is 14.6. The molecule has 0 aliphatic rings. The van der Waals surface area contributed by atoms with E-state index in [-0.39, 0.29) is 23.1 Å². The van der Waals surface area contributed by atoms with Gasteiger partial charge in [-0.2, -0.15) is 5.10 Å². The Hall–Kier alpha value is -3.53. The van der Waals surface area contributed by atoms with Crippen LogP contribution in [0.15, 0.2) is 60.3 Å². The number of hydrogen-bond acceptors (Lipinski definition) is 6. The Morgan fingerprint density at radius 2 is 2.03 bits per heavy atom. The minimum atomic E-state index is -1.97. The summed E-state index contributed by atoms with van der Waals surface area (Å²) >= 11 is 0. The topological polar surface area (TPSA) is 98.7 Å². The predicted octanol–water partition coefficient (Wildman–Crippen LogP) is 1.81. The summed E-state index contributed by atoms with van der Waals surface area (Å²) in [6, 6.07) is 5.05. The molecule has 1 aromatic carbocycles. The van der Waals surface area contributed by atoms with Crippen LogP contribution in [0.4, 0.5) is 8.78 Å². The molecule has 0 saturated carbocycles. The van der Waals surface area contributed by atoms with Crippen LogP contribution in [0.2, 0.25) is 0 Å². The third-order valence-electron chi connectivity index (χ3n) is 4.93. The maximum atomic E-state index is 14.6. The van der Waals surface area contributed by atoms with E-state index in [1.54, 1.807) is 19.1 Å². The summed E-state index contributed by atoms with van der Waals surface area (Å²) in [7, 11) is 0. The Morgan fingerprint density at radius 1 is 1.21 bits per heavy atom. The molecule has 1 N–H and O–H groups in total. The largest absolute Gasteiger partial charge is 0.381 e. The summed E-state index contributed by atoms with van der Waals surface area (Å²) in [5.74, 6) is -1.72. The van der Waals surface area contributed by atoms with Gasteiger partial charge < -0.3 is 5.11 Å². The summed E-state index contributed by atoms with van der Waals surface area (Å²) in [6.07, 6.45) is 5.37. The molecule has 0 aliphatic carbocycles. The second kappa shape index (κ2) is 7.13. The number of halogens is 2. The third kappa shape index (κ3) is 3.27. The number of rotatable bonds is 5. The lowest BCUT2D eigenvalue weighted by Crippen LogP contribution is -2.43. The van der Waals surface area contributed by atoms with Crippen molar-refractivity contribution in [2.45, 2.75) is 25.1 Å². The molecular weight excluding hydrogens is 382 g/mol. The van der Waals surface area contributed by atoms with Crippen molar-refractivity contribution in [3.05, 3.63) is 83.1 Å². The van der Waals surface area contributed by atoms with E-state index in [0.717, 1.165) is 12.1 Å². The van der Waals surface area contributed by atoms with E-state index < -0.39 is 28.8 Å². The molecule has 4 aromatic rings. The average Bonchev–Trinajstić information content (AvgIpc) is 3.20. The number of fused-ring (bicyclic) bond motifs is 1. The van der Waals surface area contributed by atoms with Gasteiger partial charge >= 0.3 is 0 Å². The Labute approximate surface area is 163 Å². The number of hydrogen-bond donors (Lipinski definition) is 1. The second-order valence-corrected chi connectivity index (χ2v) is 6.65. The van der Waals surface area contributed by atoms with Gasteiger partial charge in [0, 0.05) is 17.8 Å². The van der Waals surface area contributed by atoms with Gasteiger partial charge in [-0.05, 0) is 25.1 Å². The second-order valence-electron chi connectivity index (χ2n) is 6.65. The van der Waals surface area contributed by atoms with Crippen molar-refractivity contribution in [1.82, 2.24) is 29.3 Å². The highest BCUT2D eigenvalue weighted by Gasteiger charge is 2.41. The molecule has 148 valence electrons. The molecule has 29 heavy (non-hydrogen) atoms. The molecule has 8 nitrogen and oxygen atoms in total. The zero-order chi connectivity index (χ0) is 20.6. The predicted molar refractivity (Wildman–Crippen MR) is 98.8 cm³/mol. The van der Waals surface area contributed by atoms with Crippen molar-refractivity contribution in [3.8, 4) is 0 Å². The van der Waals surface area contributed by atoms with E-state index in [4.69, 9.17) is 0 Å². The number of benzene rings is 1. The molecule has 0 spiro atoms. The monoisotopic (exact) mass is 398 g/mol. The van der Waals surface area contributed by atoms with Crippen molar-refractivity contribution in [1.29, 1.82) is 0 Å². The fourth-order valence-corrected chi connectivity index (χ4v) is 3.33. The Bertz CT molecular complexity index is 1230. The first-order valence-corrected chi connectivity index (χ1v) is 8.72. The molecular formula is C19H16F2N6O2. The van der Waals surface area contributed by atoms with Crippen molar-refractivity contribution in [3.63, 3.8) is 0 Å². The number of aromatic nitrogens is 6. The fraction of sp³-hybridized carbons (Fsp3) is 0.211. The van der Waals surface area contributed by atoms with Crippen LogP contribution in [0.1, 0.15) is 18.5 Å². The summed E-state index contributed by atoms with van der Waals surface area (Å²) in [6.45, 7) is 1.32. The highest BCUT2D eigenvalue weighted by atomic mass is 19.1. The van der Waals surface area contributed by atoms with Gasteiger partial charge in [-0.25, -0.2) is 28.4 Å². The van der Waals surface area contributed by atoms with Crippen molar-refractivity contribution in [2.75, 3.05) is 0 Å². The van der Waals surface area contributed by atoms with Crippen LogP contribution in [0.5, 0.6) is 0 Å². The van der Waals surface area contributed by atoms with Crippen molar-refractivity contribution >= 4 is 11.0 Å². The van der Waals surface area contributed by atoms with Gasteiger partial charge in [-0.15, -0.1) is 0 Å². The minimum Gasteiger partial charge on any atom is -0.381 e. The first kappa shape index (κ1) is 18.8. The Morgan fingerprint density at radius 3 is 2.76 bits per heavy atom. The average molecular weight is 398 g/mol. The van der Waals surface area contributed by atoms with Crippen molar-refractivity contribution in [2.24, 2.45) is 0 Å². The van der Waals surface area contributed by atoms with Crippen LogP contribution in [0, 0.1) is 11.6 Å². The van der Waals surface area contributed by atoms with Crippen LogP contribution in [-0.4, -0.2) is 34.4 Å². The molecule has 3 aromatic heterocycles. The van der Waals surface area contributed by atoms with Crippen LogP contribution in [-0.2, 0) is 12.1 Å². The molecule has 2 atom stereocenters. The minimum absolute atomic E-state index is 0.180. The highest BCUT2D eigenvalue weighted by molar-refractivity contribution is 5.72. The van der Waals surface area contributed by atoms with Crippen molar-refractivity contribution < 1.29 is 13.9 Å². The quantitative estimate of drug-likeness (QED) is 0.551. The number of nitrogens with zero attached hydrogens (tertiary/aromatic N) is 6. The Balaban J connectivity index is 1.89. The van der Waals surface area contributed by atoms with E-state index in [1.807, 2.05) is 0 Å². The van der Waals surface area contributed by atoms with E-state index in [9.17, 15) is 18.7 Å². The van der Waals surface area contributed by atoms with Crippen LogP contribution >= 0.6 is 0 Å². The van der Waals surface area contributed by atoms with E-state index in [1.165, 1.54) is 34.4 Å². The molecule has 10 heteroatoms. The zero-order valence-electron chi connectivity index (χ0n) is 15.3. The zero-order valence-corrected chi connectivity index (χ0v) is 15.3. The molecule has 0 aliphatic heterocycles. The van der Waals surface area contributed by atoms with Gasteiger partial charge in [0.05, 0.1) is 18.0 Å². The lowest BCUT2D eigenvalue weighted by Gasteiger charge is -2.35. The lowest BCUT2D eigenvalue weighted by atomic mass is 9.86. The smallest absolute Gasteiger partial charge is 0.263 e. The summed E-state index contributed by atoms with van der Waals surface area (Å²) < 4.78 is 30.6. The Kier molecular flexibility index (Phi) is 4.63. The molecule has 0 amide bonds. The van der Waals surface area contributed by atoms with Gasteiger partial charge in [0.1, 0.15) is 36.2 Å². The molecule has 3 heterocycles. The SMILES string of the molecule is CC(n1cnc2ncccc2c1=O)C(O)(Cn1cncn1)c1ccc(F)cc1F. The summed E-state index contributed by atoms with van der Waals surface area (Å²) in [4.78, 5) is 25.0. The maximum absolute atomic E-state index is 14.6. The van der Waals surface area contributed by atoms with E-state index in [0.29, 0.717) is 6.07 Å². The van der Waals surface area contributed by atoms with Crippen LogP contribution in [0.3, 0.4) is 0 Å². The number of aliphatic hydroxyl groups is 1. The van der Waals surface area contributed by atoms with Gasteiger partial charge in [0.15, 0.2) is 5.65 Å². The highest BCUT2D eigenvalue weighted by Crippen LogP contribution is 2.36. The van der Waals surface area contributed by atoms with Crippen LogP contribution < -0.4 is 5.56 Å². The molecule has 0 fully saturated rings. The maximum Gasteiger partial charge on any atom is 0.263 e. The van der Waals surface area contributed by atoms with E-state index in [2.05, 4.69) is 20.1 Å². The summed E-state index contributed by atoms with van der Waals surface area (Å²) in [5, 5.41) is 15.8. The molecule has 0 bridgehead atoms. The summed E-state index contributed by atoms with van der Waals surface area (Å²) in [5.41, 5.74) is -2.34. The fourth-order valence-electron chi connectivity index (χ4n) is 3.33. The van der Waals surface area contributed by atoms with Gasteiger partial charge in [0.2, 0.25) is 0 Å². The number of pyridine rings is 1. The first-order valence-electron chi connectivity index (χ1n) is 8.72. The lowest BCUT2D eigenvalue weighted by molar-refractivity contribution is -0.0343. The van der Waals surface area contributed by atoms with Gasteiger partial charge in [0.25, 0.3) is 5.56 Å². The van der Waals surface area contributed by atoms with Gasteiger partial charge in [-0.1, -0.05) is 6.07 Å². The molecule has 0 saturated heterocycles. The van der Waals surface area contributed by atoms with E-state index >= 15 is 0 Å². The van der Waals surface area contributed by atoms with Gasteiger partial charge in [-0.3, -0.25) is 9.36 Å².